The van der Waals surface area contributed by atoms with E-state index < -0.39 is 70.6 Å². The van der Waals surface area contributed by atoms with E-state index >= 15 is 0 Å². The number of carboxylic acid groups (broad SMARTS) is 1. The average molecular weight is 583 g/mol. The van der Waals surface area contributed by atoms with Crippen LogP contribution >= 0.6 is 0 Å². The summed E-state index contributed by atoms with van der Waals surface area (Å²) in [5.74, 6) is -6.54. The lowest BCUT2D eigenvalue weighted by Crippen LogP contribution is -2.50. The normalized spacial score (nSPS) is 13.0. The van der Waals surface area contributed by atoms with E-state index in [1.165, 1.54) is 0 Å². The minimum absolute atomic E-state index is 0.231. The molecule has 0 bridgehead atoms. The number of carbonyl (C=O) groups is 4. The van der Waals surface area contributed by atoms with Gasteiger partial charge in [-0.1, -0.05) is 42.5 Å². The number of rotatable bonds is 9. The molecule has 0 aliphatic rings. The Hall–Kier alpha value is -4.88. The molecule has 0 heterocycles. The third-order valence-electron chi connectivity index (χ3n) is 5.41. The summed E-state index contributed by atoms with van der Waals surface area (Å²) >= 11 is 0. The molecule has 1 amide bonds. The molecule has 0 aliphatic heterocycles. The maximum atomic E-state index is 13.1. The summed E-state index contributed by atoms with van der Waals surface area (Å²) in [6.45, 7) is -0.231. The molecule has 2 atom stereocenters. The van der Waals surface area contributed by atoms with Gasteiger partial charge in [-0.2, -0.15) is 26.3 Å². The highest BCUT2D eigenvalue weighted by Gasteiger charge is 2.41. The highest BCUT2D eigenvalue weighted by molar-refractivity contribution is 5.97. The first kappa shape index (κ1) is 30.7. The largest absolute Gasteiger partial charge is 0.478 e. The molecule has 0 radical (unpaired) electrons. The van der Waals surface area contributed by atoms with Gasteiger partial charge in [0.05, 0.1) is 22.3 Å². The lowest BCUT2D eigenvalue weighted by atomic mass is 10.1. The first-order valence-electron chi connectivity index (χ1n) is 11.5. The highest BCUT2D eigenvalue weighted by Crippen LogP contribution is 2.31. The Morgan fingerprint density at radius 1 is 0.683 bits per heavy atom. The maximum absolute atomic E-state index is 13.1. The third kappa shape index (κ3) is 8.30. The van der Waals surface area contributed by atoms with Crippen molar-refractivity contribution < 1.29 is 60.1 Å². The van der Waals surface area contributed by atoms with Gasteiger partial charge >= 0.3 is 30.3 Å². The van der Waals surface area contributed by atoms with Gasteiger partial charge in [0.15, 0.2) is 0 Å². The van der Waals surface area contributed by atoms with Gasteiger partial charge in [0.25, 0.3) is 5.91 Å². The van der Waals surface area contributed by atoms with E-state index in [0.717, 1.165) is 24.3 Å². The Kier molecular flexibility index (Phi) is 9.37. The van der Waals surface area contributed by atoms with Crippen LogP contribution < -0.4 is 5.32 Å². The van der Waals surface area contributed by atoms with Crippen molar-refractivity contribution in [2.75, 3.05) is 0 Å². The molecular weight excluding hydrogens is 564 g/mol. The molecular formula is C27H19F6NO7. The van der Waals surface area contributed by atoms with Gasteiger partial charge in [0.1, 0.15) is 0 Å². The summed E-state index contributed by atoms with van der Waals surface area (Å²) in [5.41, 5.74) is -3.45. The van der Waals surface area contributed by atoms with Crippen LogP contribution in [0.25, 0.3) is 0 Å². The summed E-state index contributed by atoms with van der Waals surface area (Å²) < 4.78 is 88.2. The van der Waals surface area contributed by atoms with Gasteiger partial charge in [-0.25, -0.2) is 14.4 Å². The second kappa shape index (κ2) is 12.5. The molecule has 14 heteroatoms. The second-order valence-electron chi connectivity index (χ2n) is 8.35. The van der Waals surface area contributed by atoms with Crippen molar-refractivity contribution in [3.05, 3.63) is 107 Å². The van der Waals surface area contributed by atoms with Crippen LogP contribution in [-0.4, -0.2) is 41.1 Å². The van der Waals surface area contributed by atoms with E-state index in [4.69, 9.17) is 9.47 Å². The summed E-state index contributed by atoms with van der Waals surface area (Å²) in [4.78, 5) is 50.4. The second-order valence-corrected chi connectivity index (χ2v) is 8.35. The lowest BCUT2D eigenvalue weighted by molar-refractivity contribution is -0.159. The molecule has 0 unspecified atom stereocenters. The third-order valence-corrected chi connectivity index (χ3v) is 5.41. The molecule has 216 valence electrons. The maximum Gasteiger partial charge on any atom is 0.416 e. The van der Waals surface area contributed by atoms with Gasteiger partial charge < -0.3 is 19.9 Å². The fourth-order valence-electron chi connectivity index (χ4n) is 3.39. The number of halogens is 6. The average Bonchev–Trinajstić information content (AvgIpc) is 2.93. The minimum atomic E-state index is -4.86. The molecule has 0 saturated carbocycles. The Morgan fingerprint density at radius 3 is 1.59 bits per heavy atom. The van der Waals surface area contributed by atoms with Crippen molar-refractivity contribution in [3.8, 4) is 0 Å². The number of nitrogens with one attached hydrogen (secondary N) is 1. The fraction of sp³-hybridized carbons (Fsp3) is 0.185. The van der Waals surface area contributed by atoms with Crippen LogP contribution in [0.1, 0.15) is 37.4 Å². The lowest BCUT2D eigenvalue weighted by Gasteiger charge is -2.24. The SMILES string of the molecule is O=C(O[C@H](C(=O)O)[C@@H](OC(=O)c1cccc(C(F)(F)F)c1)C(=O)NCc1ccccc1)c1cccc(C(F)(F)F)c1. The zero-order chi connectivity index (χ0) is 30.4. The number of hydrogen-bond donors (Lipinski definition) is 2. The molecule has 0 aromatic heterocycles. The van der Waals surface area contributed by atoms with Crippen LogP contribution in [0.15, 0.2) is 78.9 Å². The summed E-state index contributed by atoms with van der Waals surface area (Å²) in [6.07, 6.45) is -14.8. The van der Waals surface area contributed by atoms with Crippen molar-refractivity contribution in [2.24, 2.45) is 0 Å². The number of amides is 1. The number of esters is 2. The van der Waals surface area contributed by atoms with Crippen molar-refractivity contribution in [1.82, 2.24) is 5.32 Å². The smallest absolute Gasteiger partial charge is 0.416 e. The van der Waals surface area contributed by atoms with Gasteiger partial charge in [0, 0.05) is 6.54 Å². The van der Waals surface area contributed by atoms with Gasteiger partial charge in [-0.05, 0) is 42.0 Å². The fourth-order valence-corrected chi connectivity index (χ4v) is 3.39. The number of carboxylic acids is 1. The molecule has 41 heavy (non-hydrogen) atoms. The molecule has 0 aliphatic carbocycles. The predicted molar refractivity (Wildman–Crippen MR) is 127 cm³/mol. The van der Waals surface area contributed by atoms with Gasteiger partial charge in [-0.3, -0.25) is 4.79 Å². The molecule has 0 saturated heterocycles. The van der Waals surface area contributed by atoms with Crippen LogP contribution in [0.2, 0.25) is 0 Å². The summed E-state index contributed by atoms with van der Waals surface area (Å²) in [7, 11) is 0. The standard InChI is InChI=1S/C27H19F6NO7/c28-26(29,30)18-10-4-8-16(12-18)24(38)40-20(22(35)34-14-15-6-2-1-3-7-15)21(23(36)37)41-25(39)17-9-5-11-19(13-17)27(31,32)33/h1-13,20-21H,14H2,(H,34,35)(H,36,37)/t20-,21+/m1/s1. The molecule has 3 aromatic rings. The predicted octanol–water partition coefficient (Wildman–Crippen LogP) is 4.88. The van der Waals surface area contributed by atoms with E-state index in [1.54, 1.807) is 30.3 Å². The van der Waals surface area contributed by atoms with E-state index in [0.29, 0.717) is 29.8 Å². The summed E-state index contributed by atoms with van der Waals surface area (Å²) in [6, 6.07) is 13.6. The first-order chi connectivity index (χ1) is 19.2. The topological polar surface area (TPSA) is 119 Å². The number of alkyl halides is 6. The van der Waals surface area contributed by atoms with E-state index in [2.05, 4.69) is 5.32 Å². The van der Waals surface area contributed by atoms with E-state index in [-0.39, 0.29) is 6.54 Å². The van der Waals surface area contributed by atoms with E-state index in [1.807, 2.05) is 0 Å². The first-order valence-corrected chi connectivity index (χ1v) is 11.5. The molecule has 0 spiro atoms. The number of benzene rings is 3. The molecule has 0 fully saturated rings. The van der Waals surface area contributed by atoms with Crippen LogP contribution in [0, 0.1) is 0 Å². The molecule has 8 nitrogen and oxygen atoms in total. The number of aliphatic carboxylic acids is 1. The summed E-state index contributed by atoms with van der Waals surface area (Å²) in [5, 5.41) is 12.0. The van der Waals surface area contributed by atoms with Gasteiger partial charge in [-0.15, -0.1) is 0 Å². The minimum Gasteiger partial charge on any atom is -0.478 e. The zero-order valence-electron chi connectivity index (χ0n) is 20.5. The van der Waals surface area contributed by atoms with Crippen molar-refractivity contribution in [2.45, 2.75) is 31.1 Å². The monoisotopic (exact) mass is 583 g/mol. The molecule has 3 aromatic carbocycles. The van der Waals surface area contributed by atoms with Crippen molar-refractivity contribution >= 4 is 23.8 Å². The highest BCUT2D eigenvalue weighted by atomic mass is 19.4. The number of carbonyl (C=O) groups excluding carboxylic acids is 3. The molecule has 2 N–H and O–H groups in total. The Labute approximate surface area is 227 Å². The van der Waals surface area contributed by atoms with Crippen molar-refractivity contribution in [1.29, 1.82) is 0 Å². The Bertz CT molecular complexity index is 1420. The van der Waals surface area contributed by atoms with E-state index in [9.17, 15) is 50.6 Å². The van der Waals surface area contributed by atoms with Gasteiger partial charge in [0.2, 0.25) is 12.2 Å². The zero-order valence-corrected chi connectivity index (χ0v) is 20.5. The van der Waals surface area contributed by atoms with Crippen LogP contribution in [0.3, 0.4) is 0 Å². The molecule has 3 rings (SSSR count). The van der Waals surface area contributed by atoms with Crippen LogP contribution in [0.5, 0.6) is 0 Å². The van der Waals surface area contributed by atoms with Crippen LogP contribution in [-0.2, 0) is 38.0 Å². The Balaban J connectivity index is 1.92. The van der Waals surface area contributed by atoms with Crippen molar-refractivity contribution in [3.63, 3.8) is 0 Å². The Morgan fingerprint density at radius 2 is 1.15 bits per heavy atom. The quantitative estimate of drug-likeness (QED) is 0.272. The number of ether oxygens (including phenoxy) is 2. The number of hydrogen-bond acceptors (Lipinski definition) is 6. The van der Waals surface area contributed by atoms with Crippen LogP contribution in [0.4, 0.5) is 26.3 Å².